The van der Waals surface area contributed by atoms with Crippen molar-refractivity contribution >= 4 is 48.6 Å². The van der Waals surface area contributed by atoms with Gasteiger partial charge in [0.2, 0.25) is 0 Å². The highest BCUT2D eigenvalue weighted by Gasteiger charge is 2.23. The van der Waals surface area contributed by atoms with E-state index in [0.717, 1.165) is 24.9 Å². The number of halogens is 1. The lowest BCUT2D eigenvalue weighted by atomic mass is 10.2. The van der Waals surface area contributed by atoms with Gasteiger partial charge in [-0.2, -0.15) is 0 Å². The van der Waals surface area contributed by atoms with Crippen molar-refractivity contribution in [2.45, 2.75) is 37.9 Å². The average molecular weight is 395 g/mol. The van der Waals surface area contributed by atoms with Crippen LogP contribution in [0.3, 0.4) is 0 Å². The molecule has 0 spiro atoms. The van der Waals surface area contributed by atoms with Crippen molar-refractivity contribution in [3.8, 4) is 0 Å². The average Bonchev–Trinajstić information content (AvgIpc) is 2.82. The van der Waals surface area contributed by atoms with Crippen molar-refractivity contribution in [3.05, 3.63) is 31.0 Å². The third kappa shape index (κ3) is 3.30. The van der Waals surface area contributed by atoms with E-state index >= 15 is 0 Å². The number of nitrogens with zero attached hydrogens (tertiary/aromatic N) is 1. The zero-order chi connectivity index (χ0) is 15.1. The second-order valence-corrected chi connectivity index (χ2v) is 10.1. The van der Waals surface area contributed by atoms with Crippen molar-refractivity contribution in [1.82, 2.24) is 9.71 Å². The minimum absolute atomic E-state index is 0.285. The van der Waals surface area contributed by atoms with Gasteiger partial charge >= 0.3 is 0 Å². The minimum Gasteiger partial charge on any atom is -0.247 e. The number of hydrogen-bond donors (Lipinski definition) is 1. The number of nitrogens with one attached hydrogen (secondary N) is 1. The molecule has 0 bridgehead atoms. The molecule has 2 aromatic rings. The number of aryl methyl sites for hydroxylation is 3. The van der Waals surface area contributed by atoms with Crippen LogP contribution in [-0.2, 0) is 10.0 Å². The van der Waals surface area contributed by atoms with Crippen molar-refractivity contribution < 1.29 is 8.42 Å². The maximum Gasteiger partial charge on any atom is 0.250 e. The van der Waals surface area contributed by atoms with Crippen molar-refractivity contribution in [1.29, 1.82) is 0 Å². The molecule has 0 aliphatic heterocycles. The second kappa shape index (κ2) is 5.84. The molecule has 4 nitrogen and oxygen atoms in total. The molecule has 0 aliphatic carbocycles. The van der Waals surface area contributed by atoms with Crippen LogP contribution in [0.15, 0.2) is 14.1 Å². The van der Waals surface area contributed by atoms with E-state index in [1.807, 2.05) is 27.7 Å². The molecule has 0 aromatic carbocycles. The van der Waals surface area contributed by atoms with E-state index in [9.17, 15) is 8.42 Å². The largest absolute Gasteiger partial charge is 0.250 e. The summed E-state index contributed by atoms with van der Waals surface area (Å²) in [6.07, 6.45) is 0. The molecule has 2 rings (SSSR count). The Morgan fingerprint density at radius 1 is 1.30 bits per heavy atom. The van der Waals surface area contributed by atoms with Crippen molar-refractivity contribution in [2.75, 3.05) is 0 Å². The van der Waals surface area contributed by atoms with Gasteiger partial charge < -0.3 is 0 Å². The lowest BCUT2D eigenvalue weighted by Gasteiger charge is -2.12. The van der Waals surface area contributed by atoms with Gasteiger partial charge in [-0.3, -0.25) is 0 Å². The van der Waals surface area contributed by atoms with Crippen LogP contribution < -0.4 is 4.72 Å². The lowest BCUT2D eigenvalue weighted by molar-refractivity contribution is 0.570. The van der Waals surface area contributed by atoms with Gasteiger partial charge in [0, 0.05) is 4.88 Å². The summed E-state index contributed by atoms with van der Waals surface area (Å²) in [7, 11) is -3.50. The van der Waals surface area contributed by atoms with Crippen LogP contribution in [0.2, 0.25) is 0 Å². The number of sulfonamides is 1. The Hall–Kier alpha value is -0.280. The quantitative estimate of drug-likeness (QED) is 0.853. The summed E-state index contributed by atoms with van der Waals surface area (Å²) in [5.74, 6) is 0. The molecular formula is C12H15BrN2O2S3. The molecule has 2 heterocycles. The first-order valence-corrected chi connectivity index (χ1v) is 9.84. The molecule has 0 saturated heterocycles. The van der Waals surface area contributed by atoms with Crippen LogP contribution in [-0.4, -0.2) is 13.4 Å². The van der Waals surface area contributed by atoms with Crippen LogP contribution in [0.25, 0.3) is 0 Å². The van der Waals surface area contributed by atoms with Gasteiger partial charge in [-0.05, 0) is 55.3 Å². The highest BCUT2D eigenvalue weighted by Crippen LogP contribution is 2.32. The van der Waals surface area contributed by atoms with E-state index < -0.39 is 10.0 Å². The van der Waals surface area contributed by atoms with Gasteiger partial charge in [-0.25, -0.2) is 18.1 Å². The Balaban J connectivity index is 2.26. The van der Waals surface area contributed by atoms with Gasteiger partial charge in [-0.15, -0.1) is 22.7 Å². The molecule has 20 heavy (non-hydrogen) atoms. The maximum absolute atomic E-state index is 12.4. The summed E-state index contributed by atoms with van der Waals surface area (Å²) in [5.41, 5.74) is 1.80. The molecule has 0 radical (unpaired) electrons. The van der Waals surface area contributed by atoms with Crippen molar-refractivity contribution in [3.63, 3.8) is 0 Å². The van der Waals surface area contributed by atoms with E-state index in [4.69, 9.17) is 0 Å². The van der Waals surface area contributed by atoms with E-state index in [2.05, 4.69) is 25.6 Å². The summed E-state index contributed by atoms with van der Waals surface area (Å²) in [6.45, 7) is 7.53. The fourth-order valence-corrected chi connectivity index (χ4v) is 6.32. The summed E-state index contributed by atoms with van der Waals surface area (Å²) >= 11 is 6.10. The van der Waals surface area contributed by atoms with Crippen molar-refractivity contribution in [2.24, 2.45) is 0 Å². The summed E-state index contributed by atoms with van der Waals surface area (Å²) in [6, 6.07) is 1.39. The number of thiophene rings is 1. The first kappa shape index (κ1) is 16.1. The van der Waals surface area contributed by atoms with Gasteiger partial charge in [0.25, 0.3) is 10.0 Å². The van der Waals surface area contributed by atoms with Crippen LogP contribution in [0.4, 0.5) is 0 Å². The minimum atomic E-state index is -3.50. The van der Waals surface area contributed by atoms with Gasteiger partial charge in [0.15, 0.2) is 0 Å². The third-order valence-corrected chi connectivity index (χ3v) is 8.17. The van der Waals surface area contributed by atoms with Crippen LogP contribution in [0.1, 0.15) is 34.1 Å². The first-order chi connectivity index (χ1) is 9.20. The molecular weight excluding hydrogens is 380 g/mol. The fourth-order valence-electron chi connectivity index (χ4n) is 1.86. The first-order valence-electron chi connectivity index (χ1n) is 5.93. The topological polar surface area (TPSA) is 59.1 Å². The zero-order valence-corrected chi connectivity index (χ0v) is 15.6. The van der Waals surface area contributed by atoms with E-state index in [-0.39, 0.29) is 6.04 Å². The van der Waals surface area contributed by atoms with Crippen LogP contribution in [0, 0.1) is 20.8 Å². The van der Waals surface area contributed by atoms with Crippen LogP contribution >= 0.6 is 38.6 Å². The summed E-state index contributed by atoms with van der Waals surface area (Å²) in [4.78, 5) is 5.29. The maximum atomic E-state index is 12.4. The highest BCUT2D eigenvalue weighted by atomic mass is 79.9. The summed E-state index contributed by atoms with van der Waals surface area (Å²) in [5, 5.41) is 0.943. The molecule has 1 atom stereocenters. The number of rotatable bonds is 4. The van der Waals surface area contributed by atoms with E-state index in [1.54, 1.807) is 6.07 Å². The number of thiazole rings is 1. The molecule has 0 amide bonds. The molecule has 0 aliphatic rings. The standard InChI is InChI=1S/C12H15BrN2O2S3/c1-6-5-10(19-12(6)13)20(16,17)15-8(3)11-7(2)14-9(4)18-11/h5,8,15H,1-4H3. The predicted molar refractivity (Wildman–Crippen MR) is 87.1 cm³/mol. The molecule has 110 valence electrons. The van der Waals surface area contributed by atoms with Gasteiger partial charge in [0.1, 0.15) is 4.21 Å². The van der Waals surface area contributed by atoms with Gasteiger partial charge in [-0.1, -0.05) is 0 Å². The Labute approximate surface area is 135 Å². The molecule has 0 fully saturated rings. The molecule has 2 aromatic heterocycles. The predicted octanol–water partition coefficient (Wildman–Crippen LogP) is 3.93. The number of aromatic nitrogens is 1. The normalized spacial score (nSPS) is 13.7. The highest BCUT2D eigenvalue weighted by molar-refractivity contribution is 9.11. The molecule has 1 unspecified atom stereocenters. The summed E-state index contributed by atoms with van der Waals surface area (Å²) < 4.78 is 28.6. The zero-order valence-electron chi connectivity index (χ0n) is 11.5. The van der Waals surface area contributed by atoms with Crippen LogP contribution in [0.5, 0.6) is 0 Å². The molecule has 1 N–H and O–H groups in total. The fraction of sp³-hybridized carbons (Fsp3) is 0.417. The monoisotopic (exact) mass is 394 g/mol. The second-order valence-electron chi connectivity index (χ2n) is 4.55. The Morgan fingerprint density at radius 2 is 1.95 bits per heavy atom. The number of hydrogen-bond acceptors (Lipinski definition) is 5. The SMILES string of the molecule is Cc1nc(C)c(C(C)NS(=O)(=O)c2cc(C)c(Br)s2)s1. The Kier molecular flexibility index (Phi) is 4.70. The third-order valence-electron chi connectivity index (χ3n) is 2.76. The smallest absolute Gasteiger partial charge is 0.247 e. The Morgan fingerprint density at radius 3 is 2.40 bits per heavy atom. The van der Waals surface area contributed by atoms with E-state index in [1.165, 1.54) is 22.7 Å². The molecule has 8 heteroatoms. The van der Waals surface area contributed by atoms with E-state index in [0.29, 0.717) is 4.21 Å². The lowest BCUT2D eigenvalue weighted by Crippen LogP contribution is -2.26. The Bertz CT molecular complexity index is 714. The molecule has 0 saturated carbocycles. The van der Waals surface area contributed by atoms with Gasteiger partial charge in [0.05, 0.1) is 20.5 Å².